The van der Waals surface area contributed by atoms with Crippen LogP contribution in [0.1, 0.15) is 12.0 Å². The fourth-order valence-corrected chi connectivity index (χ4v) is 4.44. The number of hydrogen-bond acceptors (Lipinski definition) is 4. The molecule has 1 fully saturated rings. The predicted molar refractivity (Wildman–Crippen MR) is 96.1 cm³/mol. The molecule has 1 aliphatic rings. The number of hydrogen-bond donors (Lipinski definition) is 1. The van der Waals surface area contributed by atoms with Crippen molar-refractivity contribution in [1.29, 1.82) is 0 Å². The van der Waals surface area contributed by atoms with Gasteiger partial charge in [-0.15, -0.1) is 11.3 Å². The Balaban J connectivity index is 1.34. The number of β-amino-alcohol motifs (C(OH)–C–C–N with tert-alkyl or cyclic N) is 1. The highest BCUT2D eigenvalue weighted by Crippen LogP contribution is 2.27. The molecule has 0 unspecified atom stereocenters. The summed E-state index contributed by atoms with van der Waals surface area (Å²) in [7, 11) is 0. The van der Waals surface area contributed by atoms with Crippen LogP contribution in [0.4, 0.5) is 0 Å². The first-order chi connectivity index (χ1) is 10.2. The van der Waals surface area contributed by atoms with Crippen LogP contribution in [0.25, 0.3) is 10.1 Å². The van der Waals surface area contributed by atoms with E-state index in [1.54, 1.807) is 0 Å². The van der Waals surface area contributed by atoms with E-state index in [1.807, 2.05) is 11.3 Å². The number of fused-ring (bicyclic) bond motifs is 1. The summed E-state index contributed by atoms with van der Waals surface area (Å²) >= 11 is 4.22. The Labute approximate surface area is 143 Å². The SMILES string of the molecule is OC1CN(CCCOCCc2ccc3sc(I)cc3c2)C1. The van der Waals surface area contributed by atoms with Gasteiger partial charge in [0.1, 0.15) is 0 Å². The predicted octanol–water partition coefficient (Wildman–Crippen LogP) is 3.13. The lowest BCUT2D eigenvalue weighted by Crippen LogP contribution is -2.50. The van der Waals surface area contributed by atoms with Crippen molar-refractivity contribution in [2.75, 3.05) is 32.8 Å². The van der Waals surface area contributed by atoms with Crippen molar-refractivity contribution in [3.8, 4) is 0 Å². The van der Waals surface area contributed by atoms with Gasteiger partial charge < -0.3 is 9.84 Å². The molecule has 2 heterocycles. The van der Waals surface area contributed by atoms with Crippen molar-refractivity contribution < 1.29 is 9.84 Å². The van der Waals surface area contributed by atoms with Gasteiger partial charge in [0.15, 0.2) is 0 Å². The normalized spacial score (nSPS) is 16.5. The van der Waals surface area contributed by atoms with Gasteiger partial charge >= 0.3 is 0 Å². The molecule has 0 amide bonds. The Morgan fingerprint density at radius 1 is 1.29 bits per heavy atom. The fourth-order valence-electron chi connectivity index (χ4n) is 2.62. The Morgan fingerprint density at radius 3 is 2.95 bits per heavy atom. The van der Waals surface area contributed by atoms with E-state index in [9.17, 15) is 5.11 Å². The van der Waals surface area contributed by atoms with Crippen molar-refractivity contribution in [3.63, 3.8) is 0 Å². The van der Waals surface area contributed by atoms with Crippen LogP contribution in [0, 0.1) is 2.88 Å². The zero-order valence-electron chi connectivity index (χ0n) is 11.9. The van der Waals surface area contributed by atoms with Crippen LogP contribution in [-0.4, -0.2) is 49.0 Å². The third-order valence-corrected chi connectivity index (χ3v) is 5.66. The van der Waals surface area contributed by atoms with Crippen molar-refractivity contribution in [1.82, 2.24) is 4.90 Å². The van der Waals surface area contributed by atoms with E-state index >= 15 is 0 Å². The zero-order chi connectivity index (χ0) is 14.7. The minimum absolute atomic E-state index is 0.0963. The van der Waals surface area contributed by atoms with Crippen LogP contribution in [0.2, 0.25) is 0 Å². The number of rotatable bonds is 7. The minimum atomic E-state index is -0.0963. The van der Waals surface area contributed by atoms with Gasteiger partial charge in [-0.3, -0.25) is 4.90 Å². The molecule has 1 aromatic heterocycles. The number of thiophene rings is 1. The monoisotopic (exact) mass is 417 g/mol. The number of aliphatic hydroxyl groups excluding tert-OH is 1. The molecule has 1 N–H and O–H groups in total. The van der Waals surface area contributed by atoms with Gasteiger partial charge in [0, 0.05) is 30.9 Å². The number of nitrogens with zero attached hydrogens (tertiary/aromatic N) is 1. The van der Waals surface area contributed by atoms with Crippen molar-refractivity contribution in [2.24, 2.45) is 0 Å². The van der Waals surface area contributed by atoms with Crippen LogP contribution in [0.5, 0.6) is 0 Å². The Bertz CT molecular complexity index is 595. The molecular weight excluding hydrogens is 397 g/mol. The van der Waals surface area contributed by atoms with Gasteiger partial charge in [0.05, 0.1) is 15.6 Å². The molecule has 1 aromatic carbocycles. The minimum Gasteiger partial charge on any atom is -0.390 e. The summed E-state index contributed by atoms with van der Waals surface area (Å²) < 4.78 is 8.41. The van der Waals surface area contributed by atoms with Gasteiger partial charge in [0.2, 0.25) is 0 Å². The highest BCUT2D eigenvalue weighted by molar-refractivity contribution is 14.1. The molecule has 114 valence electrons. The molecule has 1 saturated heterocycles. The summed E-state index contributed by atoms with van der Waals surface area (Å²) in [4.78, 5) is 2.26. The van der Waals surface area contributed by atoms with Crippen LogP contribution in [0.15, 0.2) is 24.3 Å². The lowest BCUT2D eigenvalue weighted by molar-refractivity contribution is -0.00305. The second-order valence-corrected chi connectivity index (χ2v) is 8.53. The molecule has 0 bridgehead atoms. The Kier molecular flexibility index (Phi) is 5.50. The highest BCUT2D eigenvalue weighted by Gasteiger charge is 2.22. The molecule has 3 nitrogen and oxygen atoms in total. The second kappa shape index (κ2) is 7.37. The van der Waals surface area contributed by atoms with Crippen LogP contribution in [0.3, 0.4) is 0 Å². The molecule has 0 radical (unpaired) electrons. The summed E-state index contributed by atoms with van der Waals surface area (Å²) in [5.74, 6) is 0. The maximum Gasteiger partial charge on any atom is 0.0793 e. The van der Waals surface area contributed by atoms with E-state index in [0.29, 0.717) is 0 Å². The van der Waals surface area contributed by atoms with E-state index in [0.717, 1.165) is 45.7 Å². The van der Waals surface area contributed by atoms with E-state index in [2.05, 4.69) is 51.8 Å². The molecular formula is C16H20INO2S. The van der Waals surface area contributed by atoms with Crippen molar-refractivity contribution in [3.05, 3.63) is 32.7 Å². The van der Waals surface area contributed by atoms with Crippen molar-refractivity contribution >= 4 is 44.0 Å². The van der Waals surface area contributed by atoms with E-state index in [-0.39, 0.29) is 6.10 Å². The molecule has 0 aliphatic carbocycles. The Hall–Kier alpha value is -0.210. The molecule has 21 heavy (non-hydrogen) atoms. The molecule has 5 heteroatoms. The second-order valence-electron chi connectivity index (χ2n) is 5.55. The van der Waals surface area contributed by atoms with E-state index < -0.39 is 0 Å². The van der Waals surface area contributed by atoms with Gasteiger partial charge in [-0.05, 0) is 58.5 Å². The molecule has 0 saturated carbocycles. The lowest BCUT2D eigenvalue weighted by Gasteiger charge is -2.35. The maximum atomic E-state index is 9.19. The van der Waals surface area contributed by atoms with Crippen LogP contribution >= 0.6 is 33.9 Å². The van der Waals surface area contributed by atoms with Gasteiger partial charge in [-0.2, -0.15) is 0 Å². The average molecular weight is 417 g/mol. The van der Waals surface area contributed by atoms with E-state index in [1.165, 1.54) is 18.5 Å². The number of aliphatic hydroxyl groups is 1. The first-order valence-corrected chi connectivity index (χ1v) is 9.26. The molecule has 0 atom stereocenters. The largest absolute Gasteiger partial charge is 0.390 e. The summed E-state index contributed by atoms with van der Waals surface area (Å²) in [5, 5.41) is 10.5. The van der Waals surface area contributed by atoms with Crippen LogP contribution < -0.4 is 0 Å². The fraction of sp³-hybridized carbons (Fsp3) is 0.500. The number of halogens is 1. The lowest BCUT2D eigenvalue weighted by atomic mass is 10.1. The summed E-state index contributed by atoms with van der Waals surface area (Å²) in [6.45, 7) is 4.30. The standard InChI is InChI=1S/C16H20INO2S/c17-16-9-13-8-12(2-3-15(13)21-16)4-7-20-6-1-5-18-10-14(19)11-18/h2-3,8-9,14,19H,1,4-7,10-11H2. The maximum absolute atomic E-state index is 9.19. The molecule has 1 aliphatic heterocycles. The number of benzene rings is 1. The molecule has 3 rings (SSSR count). The van der Waals surface area contributed by atoms with Crippen molar-refractivity contribution in [2.45, 2.75) is 18.9 Å². The number of ether oxygens (including phenoxy) is 1. The molecule has 2 aromatic rings. The average Bonchev–Trinajstić information content (AvgIpc) is 2.79. The summed E-state index contributed by atoms with van der Waals surface area (Å²) in [6, 6.07) is 8.94. The van der Waals surface area contributed by atoms with Gasteiger partial charge in [-0.1, -0.05) is 12.1 Å². The summed E-state index contributed by atoms with van der Waals surface area (Å²) in [5.41, 5.74) is 1.35. The summed E-state index contributed by atoms with van der Waals surface area (Å²) in [6.07, 6.45) is 1.93. The zero-order valence-corrected chi connectivity index (χ0v) is 14.9. The number of likely N-dealkylation sites (tertiary alicyclic amines) is 1. The van der Waals surface area contributed by atoms with Gasteiger partial charge in [0.25, 0.3) is 0 Å². The smallest absolute Gasteiger partial charge is 0.0793 e. The molecule has 0 spiro atoms. The first kappa shape index (κ1) is 15.7. The highest BCUT2D eigenvalue weighted by atomic mass is 127. The third kappa shape index (κ3) is 4.39. The van der Waals surface area contributed by atoms with Gasteiger partial charge in [-0.25, -0.2) is 0 Å². The van der Waals surface area contributed by atoms with E-state index in [4.69, 9.17) is 4.74 Å². The Morgan fingerprint density at radius 2 is 2.14 bits per heavy atom. The quantitative estimate of drug-likeness (QED) is 0.555. The van der Waals surface area contributed by atoms with Crippen LogP contribution in [-0.2, 0) is 11.2 Å². The third-order valence-electron chi connectivity index (χ3n) is 3.79. The first-order valence-electron chi connectivity index (χ1n) is 7.37. The topological polar surface area (TPSA) is 32.7 Å².